The highest BCUT2D eigenvalue weighted by Crippen LogP contribution is 2.12. The van der Waals surface area contributed by atoms with E-state index in [0.717, 1.165) is 23.0 Å². The van der Waals surface area contributed by atoms with Gasteiger partial charge in [-0.05, 0) is 24.1 Å². The van der Waals surface area contributed by atoms with Crippen molar-refractivity contribution in [2.24, 2.45) is 0 Å². The van der Waals surface area contributed by atoms with Crippen LogP contribution in [-0.4, -0.2) is 20.8 Å². The zero-order valence-electron chi connectivity index (χ0n) is 12.0. The Labute approximate surface area is 123 Å². The normalized spacial score (nSPS) is 10.9. The second-order valence-electron chi connectivity index (χ2n) is 5.02. The number of ketones is 1. The van der Waals surface area contributed by atoms with Gasteiger partial charge in [0, 0.05) is 12.0 Å². The number of aryl methyl sites for hydroxylation is 2. The molecule has 4 heteroatoms. The maximum Gasteiger partial charge on any atom is 0.164 e. The zero-order chi connectivity index (χ0) is 14.7. The van der Waals surface area contributed by atoms with Gasteiger partial charge in [-0.2, -0.15) is 0 Å². The Balaban J connectivity index is 1.70. The van der Waals surface area contributed by atoms with E-state index in [9.17, 15) is 4.79 Å². The first kappa shape index (κ1) is 13.5. The minimum Gasteiger partial charge on any atom is -0.294 e. The van der Waals surface area contributed by atoms with Crippen molar-refractivity contribution in [2.75, 3.05) is 0 Å². The van der Waals surface area contributed by atoms with Crippen molar-refractivity contribution in [2.45, 2.75) is 26.3 Å². The molecule has 0 saturated heterocycles. The first-order chi connectivity index (χ1) is 10.3. The third-order valence-electron chi connectivity index (χ3n) is 3.66. The number of carbonyl (C=O) groups is 1. The molecule has 21 heavy (non-hydrogen) atoms. The van der Waals surface area contributed by atoms with Gasteiger partial charge in [-0.15, -0.1) is 5.10 Å². The van der Waals surface area contributed by atoms with Gasteiger partial charge in [0.05, 0.1) is 12.1 Å². The molecule has 0 aliphatic carbocycles. The summed E-state index contributed by atoms with van der Waals surface area (Å²) in [6.07, 6.45) is 1.41. The summed E-state index contributed by atoms with van der Waals surface area (Å²) in [4.78, 5) is 12.2. The number of para-hydroxylation sites is 1. The summed E-state index contributed by atoms with van der Waals surface area (Å²) in [6, 6.07) is 15.6. The fraction of sp³-hybridized carbons (Fsp3) is 0.235. The molecule has 0 atom stereocenters. The van der Waals surface area contributed by atoms with Gasteiger partial charge in [-0.1, -0.05) is 48.5 Å². The van der Waals surface area contributed by atoms with Crippen molar-refractivity contribution in [3.05, 3.63) is 59.7 Å². The number of benzene rings is 2. The molecule has 0 N–H and O–H groups in total. The third-order valence-corrected chi connectivity index (χ3v) is 3.66. The van der Waals surface area contributed by atoms with Crippen LogP contribution < -0.4 is 0 Å². The van der Waals surface area contributed by atoms with E-state index in [2.05, 4.69) is 17.2 Å². The number of nitrogens with zero attached hydrogens (tertiary/aromatic N) is 3. The van der Waals surface area contributed by atoms with Crippen molar-refractivity contribution in [3.8, 4) is 0 Å². The Bertz CT molecular complexity index is 759. The van der Waals surface area contributed by atoms with Crippen LogP contribution in [0.25, 0.3) is 11.0 Å². The highest BCUT2D eigenvalue weighted by atomic mass is 16.1. The van der Waals surface area contributed by atoms with Crippen LogP contribution in [0.1, 0.15) is 29.3 Å². The number of hydrogen-bond acceptors (Lipinski definition) is 3. The minimum atomic E-state index is 0.136. The Morgan fingerprint density at radius 3 is 2.62 bits per heavy atom. The van der Waals surface area contributed by atoms with Gasteiger partial charge in [0.25, 0.3) is 0 Å². The van der Waals surface area contributed by atoms with Crippen LogP contribution in [0.15, 0.2) is 48.5 Å². The molecule has 3 rings (SSSR count). The molecule has 0 aliphatic heterocycles. The van der Waals surface area contributed by atoms with Gasteiger partial charge in [0.15, 0.2) is 5.78 Å². The predicted octanol–water partition coefficient (Wildman–Crippen LogP) is 3.27. The summed E-state index contributed by atoms with van der Waals surface area (Å²) in [7, 11) is 0. The molecule has 0 bridgehead atoms. The molecule has 0 aliphatic rings. The highest BCUT2D eigenvalue weighted by Gasteiger charge is 2.08. The zero-order valence-corrected chi connectivity index (χ0v) is 12.0. The van der Waals surface area contributed by atoms with Gasteiger partial charge in [0.1, 0.15) is 5.52 Å². The van der Waals surface area contributed by atoms with Gasteiger partial charge >= 0.3 is 0 Å². The van der Waals surface area contributed by atoms with Crippen molar-refractivity contribution >= 4 is 16.8 Å². The second-order valence-corrected chi connectivity index (χ2v) is 5.02. The van der Waals surface area contributed by atoms with E-state index in [1.807, 2.05) is 48.5 Å². The lowest BCUT2D eigenvalue weighted by atomic mass is 10.1. The van der Waals surface area contributed by atoms with Crippen molar-refractivity contribution in [1.29, 1.82) is 0 Å². The molecule has 2 aromatic carbocycles. The average molecular weight is 279 g/mol. The molecule has 3 aromatic rings. The summed E-state index contributed by atoms with van der Waals surface area (Å²) in [5, 5.41) is 8.20. The fourth-order valence-corrected chi connectivity index (χ4v) is 2.36. The third kappa shape index (κ3) is 2.84. The topological polar surface area (TPSA) is 47.8 Å². The molecule has 0 unspecified atom stereocenters. The molecule has 1 heterocycles. The number of rotatable bonds is 5. The lowest BCUT2D eigenvalue weighted by Crippen LogP contribution is -2.07. The van der Waals surface area contributed by atoms with Gasteiger partial charge in [0.2, 0.25) is 0 Å². The average Bonchev–Trinajstić information content (AvgIpc) is 2.96. The summed E-state index contributed by atoms with van der Waals surface area (Å²) in [5.74, 6) is 0.136. The molecule has 0 saturated carbocycles. The van der Waals surface area contributed by atoms with Crippen molar-refractivity contribution < 1.29 is 4.79 Å². The van der Waals surface area contributed by atoms with E-state index in [1.54, 1.807) is 4.68 Å². The summed E-state index contributed by atoms with van der Waals surface area (Å²) >= 11 is 0. The Kier molecular flexibility index (Phi) is 3.77. The molecule has 106 valence electrons. The van der Waals surface area contributed by atoms with Crippen LogP contribution in [0.3, 0.4) is 0 Å². The van der Waals surface area contributed by atoms with Gasteiger partial charge in [-0.25, -0.2) is 4.68 Å². The molecular formula is C17H17N3O. The first-order valence-electron chi connectivity index (χ1n) is 7.18. The van der Waals surface area contributed by atoms with Crippen LogP contribution in [0.2, 0.25) is 0 Å². The molecular weight excluding hydrogens is 262 g/mol. The first-order valence-corrected chi connectivity index (χ1v) is 7.18. The molecule has 1 aromatic heterocycles. The molecule has 0 fully saturated rings. The van der Waals surface area contributed by atoms with Crippen LogP contribution in [0.4, 0.5) is 0 Å². The molecule has 0 amide bonds. The van der Waals surface area contributed by atoms with E-state index in [-0.39, 0.29) is 5.78 Å². The number of hydrogen-bond donors (Lipinski definition) is 0. The van der Waals surface area contributed by atoms with E-state index in [0.29, 0.717) is 13.0 Å². The highest BCUT2D eigenvalue weighted by molar-refractivity contribution is 5.96. The Hall–Kier alpha value is -2.49. The maximum absolute atomic E-state index is 12.2. The maximum atomic E-state index is 12.2. The van der Waals surface area contributed by atoms with E-state index < -0.39 is 0 Å². The fourth-order valence-electron chi connectivity index (χ4n) is 2.36. The summed E-state index contributed by atoms with van der Waals surface area (Å²) in [6.45, 7) is 2.65. The number of carbonyl (C=O) groups excluding carboxylic acids is 1. The van der Waals surface area contributed by atoms with E-state index in [1.165, 1.54) is 5.56 Å². The van der Waals surface area contributed by atoms with E-state index >= 15 is 0 Å². The lowest BCUT2D eigenvalue weighted by Gasteiger charge is -2.03. The van der Waals surface area contributed by atoms with Crippen LogP contribution in [-0.2, 0) is 13.0 Å². The SMILES string of the molecule is CCc1ccc(C(=O)CCn2nnc3ccccc32)cc1. The number of fused-ring (bicyclic) bond motifs is 1. The predicted molar refractivity (Wildman–Crippen MR) is 82.3 cm³/mol. The Morgan fingerprint density at radius 2 is 1.86 bits per heavy atom. The summed E-state index contributed by atoms with van der Waals surface area (Å²) < 4.78 is 1.79. The smallest absolute Gasteiger partial charge is 0.164 e. The minimum absolute atomic E-state index is 0.136. The summed E-state index contributed by atoms with van der Waals surface area (Å²) in [5.41, 5.74) is 3.83. The number of Topliss-reactive ketones (excluding diaryl/α,β-unsaturated/α-hetero) is 1. The second kappa shape index (κ2) is 5.87. The van der Waals surface area contributed by atoms with Crippen molar-refractivity contribution in [3.63, 3.8) is 0 Å². The van der Waals surface area contributed by atoms with Crippen LogP contribution in [0, 0.1) is 0 Å². The lowest BCUT2D eigenvalue weighted by molar-refractivity contribution is 0.0976. The Morgan fingerprint density at radius 1 is 1.10 bits per heavy atom. The van der Waals surface area contributed by atoms with Crippen molar-refractivity contribution in [1.82, 2.24) is 15.0 Å². The monoisotopic (exact) mass is 279 g/mol. The van der Waals surface area contributed by atoms with Crippen LogP contribution >= 0.6 is 0 Å². The number of aromatic nitrogens is 3. The standard InChI is InChI=1S/C17H17N3O/c1-2-13-7-9-14(10-8-13)17(21)11-12-20-16-6-4-3-5-15(16)18-19-20/h3-10H,2,11-12H2,1H3. The van der Waals surface area contributed by atoms with Gasteiger partial charge in [-0.3, -0.25) is 4.79 Å². The van der Waals surface area contributed by atoms with E-state index in [4.69, 9.17) is 0 Å². The van der Waals surface area contributed by atoms with Crippen LogP contribution in [0.5, 0.6) is 0 Å². The molecule has 0 radical (unpaired) electrons. The largest absolute Gasteiger partial charge is 0.294 e. The van der Waals surface area contributed by atoms with Gasteiger partial charge < -0.3 is 0 Å². The molecule has 4 nitrogen and oxygen atoms in total. The quantitative estimate of drug-likeness (QED) is 0.673. The molecule has 0 spiro atoms.